The molecule has 0 aliphatic rings. The molecular weight excluding hydrogens is 263 g/mol. The molecule has 66 valence electrons. The second-order valence-corrected chi connectivity index (χ2v) is 5.09. The Morgan fingerprint density at radius 1 is 1.17 bits per heavy atom. The van der Waals surface area contributed by atoms with Crippen LogP contribution in [0.15, 0.2) is 12.1 Å². The lowest BCUT2D eigenvalue weighted by Gasteiger charge is -2.06. The van der Waals surface area contributed by atoms with E-state index in [9.17, 15) is 0 Å². The summed E-state index contributed by atoms with van der Waals surface area (Å²) in [7, 11) is 1.73. The lowest BCUT2D eigenvalue weighted by atomic mass is 10.1. The van der Waals surface area contributed by atoms with Crippen molar-refractivity contribution in [3.8, 4) is 5.75 Å². The van der Waals surface area contributed by atoms with E-state index in [1.165, 1.54) is 14.7 Å². The number of benzene rings is 1. The van der Waals surface area contributed by atoms with E-state index in [0.29, 0.717) is 0 Å². The smallest absolute Gasteiger partial charge is 0.309 e. The Morgan fingerprint density at radius 2 is 1.67 bits per heavy atom. The average Bonchev–Trinajstić information content (AvgIpc) is 2.03. The van der Waals surface area contributed by atoms with Crippen LogP contribution in [0.3, 0.4) is 0 Å². The van der Waals surface area contributed by atoms with E-state index in [4.69, 9.17) is 4.74 Å². The molecule has 0 saturated heterocycles. The summed E-state index contributed by atoms with van der Waals surface area (Å²) in [5.41, 5.74) is 2.52. The summed E-state index contributed by atoms with van der Waals surface area (Å²) in [5, 5.41) is 0. The number of alkyl halides is 1. The maximum absolute atomic E-state index is 5.29. The summed E-state index contributed by atoms with van der Waals surface area (Å²) in [6, 6.07) is 4.47. The number of ether oxygens (including phenoxy) is 1. The number of hydrogen-bond acceptors (Lipinski definition) is 1. The van der Waals surface area contributed by atoms with Crippen molar-refractivity contribution in [1.29, 1.82) is 0 Å². The van der Waals surface area contributed by atoms with E-state index in [1.54, 1.807) is 7.11 Å². The maximum atomic E-state index is 5.29. The molecule has 0 aromatic heterocycles. The van der Waals surface area contributed by atoms with Gasteiger partial charge in [-0.05, 0) is 37.1 Å². The molecule has 0 unspecified atom stereocenters. The van der Waals surface area contributed by atoms with Crippen molar-refractivity contribution in [3.63, 3.8) is 0 Å². The van der Waals surface area contributed by atoms with Gasteiger partial charge in [0.1, 0.15) is 10.7 Å². The molecule has 1 rings (SSSR count). The molecule has 12 heavy (non-hydrogen) atoms. The number of aryl methyl sites for hydroxylation is 2. The highest BCUT2D eigenvalue weighted by atomic mass is 127. The van der Waals surface area contributed by atoms with Crippen LogP contribution in [-0.2, 0) is 0 Å². The minimum Gasteiger partial charge on any atom is -0.496 e. The Bertz CT molecular complexity index is 258. The van der Waals surface area contributed by atoms with Gasteiger partial charge in [-0.25, -0.2) is 0 Å². The molecule has 0 heterocycles. The van der Waals surface area contributed by atoms with Gasteiger partial charge in [-0.1, -0.05) is 0 Å². The quantitative estimate of drug-likeness (QED) is 0.508. The highest BCUT2D eigenvalue weighted by Gasteiger charge is 2.10. The fourth-order valence-corrected chi connectivity index (χ4v) is 2.89. The molecular formula is C10H14IO+. The third-order valence-electron chi connectivity index (χ3n) is 1.85. The van der Waals surface area contributed by atoms with Gasteiger partial charge in [0.2, 0.25) is 0 Å². The zero-order valence-electron chi connectivity index (χ0n) is 7.94. The SMILES string of the molecule is COc1c(C)cc([I+]C)cc1C. The van der Waals surface area contributed by atoms with Gasteiger partial charge in [0, 0.05) is 0 Å². The lowest BCUT2D eigenvalue weighted by molar-refractivity contribution is -0.597. The standard InChI is InChI=1S/C10H14IO/c1-7-5-9(11-3)6-8(2)10(7)12-4/h5-6H,1-4H3/q+1. The summed E-state index contributed by atoms with van der Waals surface area (Å²) < 4.78 is 6.78. The molecule has 0 fully saturated rings. The molecule has 0 amide bonds. The van der Waals surface area contributed by atoms with Gasteiger partial charge < -0.3 is 4.74 Å². The molecule has 1 aromatic rings. The zero-order valence-corrected chi connectivity index (χ0v) is 10.1. The minimum atomic E-state index is 0.202. The highest BCUT2D eigenvalue weighted by Crippen LogP contribution is 2.21. The topological polar surface area (TPSA) is 9.23 Å². The van der Waals surface area contributed by atoms with Crippen LogP contribution in [-0.4, -0.2) is 12.0 Å². The Hall–Kier alpha value is -0.250. The van der Waals surface area contributed by atoms with Crippen molar-refractivity contribution in [2.75, 3.05) is 12.0 Å². The second-order valence-electron chi connectivity index (χ2n) is 2.76. The number of methoxy groups -OCH3 is 1. The second kappa shape index (κ2) is 4.12. The highest BCUT2D eigenvalue weighted by molar-refractivity contribution is 5.39. The van der Waals surface area contributed by atoms with Gasteiger partial charge in [0.05, 0.1) is 7.11 Å². The summed E-state index contributed by atoms with van der Waals surface area (Å²) in [5.74, 6) is 1.04. The molecule has 0 spiro atoms. The molecule has 0 radical (unpaired) electrons. The minimum absolute atomic E-state index is 0.202. The molecule has 0 bridgehead atoms. The van der Waals surface area contributed by atoms with Gasteiger partial charge in [-0.3, -0.25) is 0 Å². The van der Waals surface area contributed by atoms with Crippen LogP contribution in [0.25, 0.3) is 0 Å². The summed E-state index contributed by atoms with van der Waals surface area (Å²) in [6.07, 6.45) is 0. The van der Waals surface area contributed by atoms with Gasteiger partial charge in [-0.15, -0.1) is 0 Å². The van der Waals surface area contributed by atoms with E-state index in [-0.39, 0.29) is 21.2 Å². The molecule has 2 heteroatoms. The van der Waals surface area contributed by atoms with Crippen molar-refractivity contribution in [2.24, 2.45) is 0 Å². The van der Waals surface area contributed by atoms with Gasteiger partial charge in [0.15, 0.2) is 3.57 Å². The Morgan fingerprint density at radius 3 is 2.00 bits per heavy atom. The molecule has 0 saturated carbocycles. The normalized spacial score (nSPS) is 10.0. The van der Waals surface area contributed by atoms with E-state index >= 15 is 0 Å². The Balaban J connectivity index is 3.18. The average molecular weight is 277 g/mol. The third kappa shape index (κ3) is 1.91. The van der Waals surface area contributed by atoms with Crippen LogP contribution in [0.2, 0.25) is 0 Å². The fourth-order valence-electron chi connectivity index (χ4n) is 1.33. The van der Waals surface area contributed by atoms with Crippen LogP contribution in [0.5, 0.6) is 5.75 Å². The molecule has 0 aliphatic carbocycles. The number of hydrogen-bond donors (Lipinski definition) is 0. The fraction of sp³-hybridized carbons (Fsp3) is 0.400. The first-order valence-electron chi connectivity index (χ1n) is 3.83. The van der Waals surface area contributed by atoms with Crippen molar-refractivity contribution < 1.29 is 25.9 Å². The Labute approximate surface area is 84.4 Å². The van der Waals surface area contributed by atoms with E-state index in [0.717, 1.165) is 5.75 Å². The maximum Gasteiger partial charge on any atom is 0.309 e. The summed E-state index contributed by atoms with van der Waals surface area (Å²) in [6.45, 7) is 4.21. The lowest BCUT2D eigenvalue weighted by Crippen LogP contribution is -3.60. The van der Waals surface area contributed by atoms with Crippen LogP contribution in [0.4, 0.5) is 0 Å². The van der Waals surface area contributed by atoms with Crippen molar-refractivity contribution in [2.45, 2.75) is 13.8 Å². The van der Waals surface area contributed by atoms with Gasteiger partial charge in [0.25, 0.3) is 0 Å². The summed E-state index contributed by atoms with van der Waals surface area (Å²) >= 11 is 0.202. The number of rotatable bonds is 2. The van der Waals surface area contributed by atoms with Crippen LogP contribution < -0.4 is 25.9 Å². The van der Waals surface area contributed by atoms with Gasteiger partial charge in [-0.2, -0.15) is 0 Å². The molecule has 1 nitrogen and oxygen atoms in total. The van der Waals surface area contributed by atoms with Crippen molar-refractivity contribution >= 4 is 0 Å². The van der Waals surface area contributed by atoms with E-state index in [1.807, 2.05) is 0 Å². The third-order valence-corrected chi connectivity index (χ3v) is 3.72. The monoisotopic (exact) mass is 277 g/mol. The molecule has 0 N–H and O–H groups in total. The molecule has 0 aliphatic heterocycles. The Kier molecular flexibility index (Phi) is 3.38. The van der Waals surface area contributed by atoms with Gasteiger partial charge >= 0.3 is 21.2 Å². The largest absolute Gasteiger partial charge is 0.496 e. The van der Waals surface area contributed by atoms with E-state index in [2.05, 4.69) is 30.9 Å². The molecule has 1 aromatic carbocycles. The van der Waals surface area contributed by atoms with Crippen LogP contribution >= 0.6 is 0 Å². The first-order chi connectivity index (χ1) is 5.69. The summed E-state index contributed by atoms with van der Waals surface area (Å²) in [4.78, 5) is 2.28. The van der Waals surface area contributed by atoms with Crippen LogP contribution in [0.1, 0.15) is 11.1 Å². The van der Waals surface area contributed by atoms with Crippen LogP contribution in [0, 0.1) is 17.4 Å². The van der Waals surface area contributed by atoms with Crippen molar-refractivity contribution in [1.82, 2.24) is 0 Å². The number of halogens is 1. The zero-order chi connectivity index (χ0) is 9.14. The first kappa shape index (κ1) is 9.84. The predicted octanol–water partition coefficient (Wildman–Crippen LogP) is -0.800. The first-order valence-corrected chi connectivity index (χ1v) is 7.07. The molecule has 0 atom stereocenters. The van der Waals surface area contributed by atoms with Crippen molar-refractivity contribution in [3.05, 3.63) is 26.8 Å². The van der Waals surface area contributed by atoms with E-state index < -0.39 is 0 Å². The predicted molar refractivity (Wildman–Crippen MR) is 47.1 cm³/mol.